The van der Waals surface area contributed by atoms with E-state index in [1.54, 1.807) is 12.1 Å². The number of nitrogens with two attached hydrogens (primary N) is 1. The minimum Gasteiger partial charge on any atom is -0.480 e. The quantitative estimate of drug-likeness (QED) is 0.585. The maximum atomic E-state index is 13.4. The standard InChI is InChI=1S/C19H18Cl2F3NO3S/c20-13-2-3-14(16(21)10-13)11-1-4-15(19(22,23)24)12(9-11)5-7-29(28)8-6-17(25)18(26)27/h1-4,9-10,17H,5-8,25H2,(H,26,27). The molecule has 0 bridgehead atoms. The number of carboxylic acid groups (broad SMARTS) is 1. The number of hydrogen-bond donors (Lipinski definition) is 2. The first-order valence-electron chi connectivity index (χ1n) is 8.48. The molecular weight excluding hydrogens is 450 g/mol. The van der Waals surface area contributed by atoms with Gasteiger partial charge in [0.15, 0.2) is 0 Å². The first-order valence-corrected chi connectivity index (χ1v) is 10.7. The molecule has 3 N–H and O–H groups in total. The fourth-order valence-corrected chi connectivity index (χ4v) is 4.36. The van der Waals surface area contributed by atoms with E-state index in [0.717, 1.165) is 6.07 Å². The zero-order valence-corrected chi connectivity index (χ0v) is 17.3. The van der Waals surface area contributed by atoms with E-state index in [1.807, 2.05) is 0 Å². The molecule has 0 aromatic heterocycles. The van der Waals surface area contributed by atoms with E-state index >= 15 is 0 Å². The number of aliphatic carboxylic acids is 1. The summed E-state index contributed by atoms with van der Waals surface area (Å²) in [5, 5.41) is 9.44. The fourth-order valence-electron chi connectivity index (χ4n) is 2.68. The van der Waals surface area contributed by atoms with Gasteiger partial charge in [0.05, 0.1) is 5.56 Å². The van der Waals surface area contributed by atoms with Crippen LogP contribution in [0.4, 0.5) is 13.2 Å². The van der Waals surface area contributed by atoms with Crippen LogP contribution < -0.4 is 5.73 Å². The van der Waals surface area contributed by atoms with E-state index in [4.69, 9.17) is 34.0 Å². The lowest BCUT2D eigenvalue weighted by molar-refractivity contribution is -0.139. The second-order valence-corrected chi connectivity index (χ2v) is 8.87. The summed E-state index contributed by atoms with van der Waals surface area (Å²) in [5.74, 6) is -1.26. The molecule has 0 saturated carbocycles. The van der Waals surface area contributed by atoms with Crippen molar-refractivity contribution in [2.45, 2.75) is 25.1 Å². The molecule has 2 unspecified atom stereocenters. The summed E-state index contributed by atoms with van der Waals surface area (Å²) in [5.41, 5.74) is 5.53. The molecule has 158 valence electrons. The van der Waals surface area contributed by atoms with E-state index in [0.29, 0.717) is 21.2 Å². The fraction of sp³-hybridized carbons (Fsp3) is 0.316. The lowest BCUT2D eigenvalue weighted by Crippen LogP contribution is -2.31. The van der Waals surface area contributed by atoms with E-state index < -0.39 is 34.6 Å². The molecule has 0 fully saturated rings. The predicted octanol–water partition coefficient (Wildman–Crippen LogP) is 4.77. The number of carboxylic acids is 1. The predicted molar refractivity (Wildman–Crippen MR) is 109 cm³/mol. The molecule has 29 heavy (non-hydrogen) atoms. The van der Waals surface area contributed by atoms with Gasteiger partial charge < -0.3 is 10.8 Å². The number of halogens is 5. The Morgan fingerprint density at radius 3 is 2.41 bits per heavy atom. The average molecular weight is 468 g/mol. The molecule has 2 rings (SSSR count). The smallest absolute Gasteiger partial charge is 0.416 e. The number of carbonyl (C=O) groups is 1. The summed E-state index contributed by atoms with van der Waals surface area (Å²) < 4.78 is 52.2. The van der Waals surface area contributed by atoms with Crippen molar-refractivity contribution >= 4 is 40.0 Å². The number of benzene rings is 2. The highest BCUT2D eigenvalue weighted by atomic mass is 35.5. The van der Waals surface area contributed by atoms with Crippen LogP contribution >= 0.6 is 23.2 Å². The molecule has 2 atom stereocenters. The second-order valence-electron chi connectivity index (χ2n) is 6.33. The van der Waals surface area contributed by atoms with Crippen molar-refractivity contribution in [2.75, 3.05) is 11.5 Å². The number of alkyl halides is 3. The van der Waals surface area contributed by atoms with Gasteiger partial charge in [-0.3, -0.25) is 9.00 Å². The molecule has 0 amide bonds. The third-order valence-electron chi connectivity index (χ3n) is 4.23. The molecule has 0 radical (unpaired) electrons. The second kappa shape index (κ2) is 9.93. The molecular formula is C19H18Cl2F3NO3S. The Labute approximate surface area is 178 Å². The third kappa shape index (κ3) is 6.70. The van der Waals surface area contributed by atoms with Crippen LogP contribution in [0.15, 0.2) is 36.4 Å². The van der Waals surface area contributed by atoms with Gasteiger partial charge in [0.1, 0.15) is 6.04 Å². The van der Waals surface area contributed by atoms with Crippen molar-refractivity contribution in [2.24, 2.45) is 5.73 Å². The summed E-state index contributed by atoms with van der Waals surface area (Å²) >= 11 is 12.0. The first kappa shape index (κ1) is 23.7. The normalized spacial score (nSPS) is 13.9. The Balaban J connectivity index is 2.24. The van der Waals surface area contributed by atoms with Crippen LogP contribution in [-0.2, 0) is 28.2 Å². The minimum atomic E-state index is -4.56. The lowest BCUT2D eigenvalue weighted by Gasteiger charge is -2.15. The topological polar surface area (TPSA) is 80.4 Å². The first-order chi connectivity index (χ1) is 13.5. The highest BCUT2D eigenvalue weighted by Gasteiger charge is 2.33. The van der Waals surface area contributed by atoms with Crippen LogP contribution in [0.1, 0.15) is 17.5 Å². The zero-order chi connectivity index (χ0) is 21.8. The molecule has 0 heterocycles. The van der Waals surface area contributed by atoms with Gasteiger partial charge in [-0.15, -0.1) is 0 Å². The highest BCUT2D eigenvalue weighted by Crippen LogP contribution is 2.37. The number of aryl methyl sites for hydroxylation is 1. The Bertz CT molecular complexity index is 922. The van der Waals surface area contributed by atoms with Crippen molar-refractivity contribution < 1.29 is 27.3 Å². The van der Waals surface area contributed by atoms with Crippen LogP contribution in [0.25, 0.3) is 11.1 Å². The lowest BCUT2D eigenvalue weighted by atomic mass is 9.97. The largest absolute Gasteiger partial charge is 0.480 e. The molecule has 0 aliphatic rings. The van der Waals surface area contributed by atoms with Crippen LogP contribution in [0, 0.1) is 0 Å². The van der Waals surface area contributed by atoms with Crippen LogP contribution in [0.2, 0.25) is 10.0 Å². The molecule has 2 aromatic rings. The SMILES string of the molecule is NC(CCS(=O)CCc1cc(-c2ccc(Cl)cc2Cl)ccc1C(F)(F)F)C(=O)O. The average Bonchev–Trinajstić information content (AvgIpc) is 2.63. The Hall–Kier alpha value is -1.61. The maximum absolute atomic E-state index is 13.4. The van der Waals surface area contributed by atoms with Gasteiger partial charge in [-0.25, -0.2) is 0 Å². The Kier molecular flexibility index (Phi) is 8.10. The molecule has 0 aliphatic heterocycles. The van der Waals surface area contributed by atoms with Crippen molar-refractivity contribution in [1.29, 1.82) is 0 Å². The third-order valence-corrected chi connectivity index (χ3v) is 6.12. The molecule has 0 saturated heterocycles. The monoisotopic (exact) mass is 467 g/mol. The van der Waals surface area contributed by atoms with Gasteiger partial charge in [0, 0.05) is 37.9 Å². The van der Waals surface area contributed by atoms with Gasteiger partial charge in [-0.2, -0.15) is 13.2 Å². The van der Waals surface area contributed by atoms with Crippen molar-refractivity contribution in [3.05, 3.63) is 57.6 Å². The van der Waals surface area contributed by atoms with Crippen LogP contribution in [0.3, 0.4) is 0 Å². The summed E-state index contributed by atoms with van der Waals surface area (Å²) in [6.45, 7) is 0. The molecule has 2 aromatic carbocycles. The summed E-state index contributed by atoms with van der Waals surface area (Å²) in [6, 6.07) is 7.21. The molecule has 0 aliphatic carbocycles. The summed E-state index contributed by atoms with van der Waals surface area (Å²) in [7, 11) is -1.51. The molecule has 10 heteroatoms. The van der Waals surface area contributed by atoms with Crippen LogP contribution in [-0.4, -0.2) is 32.8 Å². The van der Waals surface area contributed by atoms with Crippen molar-refractivity contribution in [3.63, 3.8) is 0 Å². The van der Waals surface area contributed by atoms with Gasteiger partial charge >= 0.3 is 12.1 Å². The van der Waals surface area contributed by atoms with Gasteiger partial charge in [-0.1, -0.05) is 41.4 Å². The molecule has 4 nitrogen and oxygen atoms in total. The van der Waals surface area contributed by atoms with Crippen molar-refractivity contribution in [3.8, 4) is 11.1 Å². The van der Waals surface area contributed by atoms with Gasteiger partial charge in [0.2, 0.25) is 0 Å². The number of rotatable bonds is 8. The van der Waals surface area contributed by atoms with E-state index in [1.165, 1.54) is 18.2 Å². The van der Waals surface area contributed by atoms with Gasteiger partial charge in [-0.05, 0) is 42.2 Å². The van der Waals surface area contributed by atoms with E-state index in [-0.39, 0.29) is 29.9 Å². The Morgan fingerprint density at radius 2 is 1.83 bits per heavy atom. The van der Waals surface area contributed by atoms with Crippen molar-refractivity contribution in [1.82, 2.24) is 0 Å². The van der Waals surface area contributed by atoms with Crippen LogP contribution in [0.5, 0.6) is 0 Å². The number of hydrogen-bond acceptors (Lipinski definition) is 3. The highest BCUT2D eigenvalue weighted by molar-refractivity contribution is 7.84. The Morgan fingerprint density at radius 1 is 1.14 bits per heavy atom. The van der Waals surface area contributed by atoms with E-state index in [2.05, 4.69) is 0 Å². The van der Waals surface area contributed by atoms with Gasteiger partial charge in [0.25, 0.3) is 0 Å². The zero-order valence-electron chi connectivity index (χ0n) is 15.0. The summed E-state index contributed by atoms with van der Waals surface area (Å²) in [4.78, 5) is 10.7. The minimum absolute atomic E-state index is 0.00246. The summed E-state index contributed by atoms with van der Waals surface area (Å²) in [6.07, 6.45) is -4.68. The van der Waals surface area contributed by atoms with E-state index in [9.17, 15) is 22.2 Å². The maximum Gasteiger partial charge on any atom is 0.416 e. The molecule has 0 spiro atoms.